The molecule has 0 aliphatic heterocycles. The van der Waals surface area contributed by atoms with Crippen LogP contribution in [0.3, 0.4) is 0 Å². The molecule has 0 amide bonds. The molecule has 0 radical (unpaired) electrons. The third-order valence-corrected chi connectivity index (χ3v) is 2.71. The molecular formula is C13H21BrN2O. The molecule has 0 saturated heterocycles. The Hall–Kier alpha value is -0.770. The summed E-state index contributed by atoms with van der Waals surface area (Å²) in [5, 5.41) is 0.941. The number of hydrogen-bond acceptors (Lipinski definition) is 3. The van der Waals surface area contributed by atoms with Crippen LogP contribution in [0, 0.1) is 0 Å². The van der Waals surface area contributed by atoms with Crippen molar-refractivity contribution in [2.75, 3.05) is 29.9 Å². The van der Waals surface area contributed by atoms with E-state index in [1.165, 1.54) is 0 Å². The standard InChI is InChI=1S/C13H21BrN2O/c1-3-9-16(10-7-14)13-12(17-11-4-2)6-5-8-15-13/h5-6,8H,3-4,7,9-11H2,1-2H3. The van der Waals surface area contributed by atoms with Crippen molar-refractivity contribution in [1.82, 2.24) is 4.98 Å². The van der Waals surface area contributed by atoms with Crippen LogP contribution in [-0.2, 0) is 0 Å². The highest BCUT2D eigenvalue weighted by molar-refractivity contribution is 9.09. The number of halogens is 1. The van der Waals surface area contributed by atoms with Gasteiger partial charge in [-0.15, -0.1) is 0 Å². The predicted octanol–water partition coefficient (Wildman–Crippen LogP) is 3.48. The van der Waals surface area contributed by atoms with E-state index < -0.39 is 0 Å². The van der Waals surface area contributed by atoms with E-state index in [1.54, 1.807) is 0 Å². The van der Waals surface area contributed by atoms with Crippen molar-refractivity contribution < 1.29 is 4.74 Å². The predicted molar refractivity (Wildman–Crippen MR) is 76.3 cm³/mol. The number of alkyl halides is 1. The van der Waals surface area contributed by atoms with Crippen LogP contribution in [0.4, 0.5) is 5.82 Å². The molecule has 0 unspecified atom stereocenters. The van der Waals surface area contributed by atoms with E-state index in [0.29, 0.717) is 0 Å². The van der Waals surface area contributed by atoms with E-state index in [0.717, 1.165) is 49.4 Å². The maximum atomic E-state index is 5.74. The minimum absolute atomic E-state index is 0.743. The molecule has 1 aromatic rings. The van der Waals surface area contributed by atoms with Gasteiger partial charge in [-0.2, -0.15) is 0 Å². The number of ether oxygens (including phenoxy) is 1. The van der Waals surface area contributed by atoms with Gasteiger partial charge in [-0.3, -0.25) is 0 Å². The lowest BCUT2D eigenvalue weighted by Gasteiger charge is -2.24. The zero-order chi connectivity index (χ0) is 12.5. The minimum Gasteiger partial charge on any atom is -0.490 e. The molecule has 0 aliphatic carbocycles. The second kappa shape index (κ2) is 8.34. The highest BCUT2D eigenvalue weighted by atomic mass is 79.9. The average Bonchev–Trinajstić information content (AvgIpc) is 2.36. The first kappa shape index (κ1) is 14.3. The van der Waals surface area contributed by atoms with Crippen molar-refractivity contribution in [2.24, 2.45) is 0 Å². The third-order valence-electron chi connectivity index (χ3n) is 2.36. The monoisotopic (exact) mass is 300 g/mol. The molecule has 0 aromatic carbocycles. The summed E-state index contributed by atoms with van der Waals surface area (Å²) in [5.74, 6) is 1.85. The maximum Gasteiger partial charge on any atom is 0.171 e. The number of rotatable bonds is 8. The van der Waals surface area contributed by atoms with E-state index in [2.05, 4.69) is 39.7 Å². The second-order valence-corrected chi connectivity index (χ2v) is 4.64. The lowest BCUT2D eigenvalue weighted by atomic mass is 10.3. The van der Waals surface area contributed by atoms with Crippen LogP contribution >= 0.6 is 15.9 Å². The quantitative estimate of drug-likeness (QED) is 0.687. The summed E-state index contributed by atoms with van der Waals surface area (Å²) in [6, 6.07) is 3.92. The molecule has 96 valence electrons. The fraction of sp³-hybridized carbons (Fsp3) is 0.615. The molecule has 0 spiro atoms. The van der Waals surface area contributed by atoms with Gasteiger partial charge in [-0.05, 0) is 25.0 Å². The van der Waals surface area contributed by atoms with E-state index in [-0.39, 0.29) is 0 Å². The van der Waals surface area contributed by atoms with Crippen molar-refractivity contribution in [2.45, 2.75) is 26.7 Å². The largest absolute Gasteiger partial charge is 0.490 e. The first-order valence-electron chi connectivity index (χ1n) is 6.22. The van der Waals surface area contributed by atoms with Gasteiger partial charge in [-0.1, -0.05) is 29.8 Å². The minimum atomic E-state index is 0.743. The summed E-state index contributed by atoms with van der Waals surface area (Å²) in [4.78, 5) is 6.71. The van der Waals surface area contributed by atoms with Gasteiger partial charge in [0.2, 0.25) is 0 Å². The molecule has 0 saturated carbocycles. The summed E-state index contributed by atoms with van der Waals surface area (Å²) in [6.45, 7) is 6.99. The normalized spacial score (nSPS) is 10.3. The summed E-state index contributed by atoms with van der Waals surface area (Å²) in [7, 11) is 0. The fourth-order valence-corrected chi connectivity index (χ4v) is 2.07. The Morgan fingerprint density at radius 2 is 2.12 bits per heavy atom. The molecule has 17 heavy (non-hydrogen) atoms. The molecule has 0 fully saturated rings. The Morgan fingerprint density at radius 3 is 2.76 bits per heavy atom. The smallest absolute Gasteiger partial charge is 0.171 e. The Bertz CT molecular complexity index is 314. The van der Waals surface area contributed by atoms with Crippen molar-refractivity contribution in [1.29, 1.82) is 0 Å². The van der Waals surface area contributed by atoms with Gasteiger partial charge in [0.05, 0.1) is 6.61 Å². The van der Waals surface area contributed by atoms with Crippen LogP contribution in [0.2, 0.25) is 0 Å². The summed E-state index contributed by atoms with van der Waals surface area (Å²) < 4.78 is 5.74. The molecule has 3 nitrogen and oxygen atoms in total. The van der Waals surface area contributed by atoms with E-state index in [4.69, 9.17) is 4.74 Å². The van der Waals surface area contributed by atoms with Crippen LogP contribution in [0.15, 0.2) is 18.3 Å². The van der Waals surface area contributed by atoms with E-state index in [9.17, 15) is 0 Å². The van der Waals surface area contributed by atoms with Crippen molar-refractivity contribution in [3.05, 3.63) is 18.3 Å². The van der Waals surface area contributed by atoms with Gasteiger partial charge < -0.3 is 9.64 Å². The Kier molecular flexibility index (Phi) is 7.01. The molecular weight excluding hydrogens is 280 g/mol. The van der Waals surface area contributed by atoms with Gasteiger partial charge in [0, 0.05) is 24.6 Å². The van der Waals surface area contributed by atoms with Crippen molar-refractivity contribution in [3.8, 4) is 5.75 Å². The van der Waals surface area contributed by atoms with Crippen LogP contribution in [-0.4, -0.2) is 30.0 Å². The zero-order valence-corrected chi connectivity index (χ0v) is 12.2. The lowest BCUT2D eigenvalue weighted by Crippen LogP contribution is -2.27. The fourth-order valence-electron chi connectivity index (χ4n) is 1.64. The highest BCUT2D eigenvalue weighted by Gasteiger charge is 2.12. The highest BCUT2D eigenvalue weighted by Crippen LogP contribution is 2.25. The SMILES string of the molecule is CCCOc1cccnc1N(CCC)CCBr. The Balaban J connectivity index is 2.83. The molecule has 0 bridgehead atoms. The van der Waals surface area contributed by atoms with Crippen molar-refractivity contribution >= 4 is 21.7 Å². The second-order valence-electron chi connectivity index (χ2n) is 3.85. The van der Waals surface area contributed by atoms with E-state index in [1.807, 2.05) is 18.3 Å². The molecule has 1 aromatic heterocycles. The molecule has 4 heteroatoms. The lowest BCUT2D eigenvalue weighted by molar-refractivity contribution is 0.316. The van der Waals surface area contributed by atoms with Crippen LogP contribution in [0.5, 0.6) is 5.75 Å². The van der Waals surface area contributed by atoms with Crippen molar-refractivity contribution in [3.63, 3.8) is 0 Å². The number of hydrogen-bond donors (Lipinski definition) is 0. The summed E-state index contributed by atoms with van der Waals surface area (Å²) >= 11 is 3.48. The summed E-state index contributed by atoms with van der Waals surface area (Å²) in [5.41, 5.74) is 0. The number of pyridine rings is 1. The molecule has 1 rings (SSSR count). The van der Waals surface area contributed by atoms with Gasteiger partial charge in [-0.25, -0.2) is 4.98 Å². The number of anilines is 1. The van der Waals surface area contributed by atoms with Gasteiger partial charge in [0.15, 0.2) is 11.6 Å². The van der Waals surface area contributed by atoms with Crippen LogP contribution in [0.1, 0.15) is 26.7 Å². The molecule has 0 aliphatic rings. The first-order valence-corrected chi connectivity index (χ1v) is 7.34. The first-order chi connectivity index (χ1) is 8.33. The van der Waals surface area contributed by atoms with Gasteiger partial charge >= 0.3 is 0 Å². The van der Waals surface area contributed by atoms with Gasteiger partial charge in [0.1, 0.15) is 0 Å². The molecule has 1 heterocycles. The van der Waals surface area contributed by atoms with Crippen LogP contribution < -0.4 is 9.64 Å². The maximum absolute atomic E-state index is 5.74. The van der Waals surface area contributed by atoms with Crippen LogP contribution in [0.25, 0.3) is 0 Å². The Labute approximate surface area is 112 Å². The number of aromatic nitrogens is 1. The number of nitrogens with zero attached hydrogens (tertiary/aromatic N) is 2. The molecule has 0 N–H and O–H groups in total. The molecule has 0 atom stereocenters. The zero-order valence-electron chi connectivity index (χ0n) is 10.7. The average molecular weight is 301 g/mol. The van der Waals surface area contributed by atoms with E-state index >= 15 is 0 Å². The summed E-state index contributed by atoms with van der Waals surface area (Å²) in [6.07, 6.45) is 3.95. The Morgan fingerprint density at radius 1 is 1.29 bits per heavy atom. The topological polar surface area (TPSA) is 25.4 Å². The van der Waals surface area contributed by atoms with Gasteiger partial charge in [0.25, 0.3) is 0 Å². The third kappa shape index (κ3) is 4.54.